The zero-order valence-corrected chi connectivity index (χ0v) is 9.00. The predicted octanol–water partition coefficient (Wildman–Crippen LogP) is -5.63. The van der Waals surface area contributed by atoms with E-state index in [2.05, 4.69) is 5.84 Å². The summed E-state index contributed by atoms with van der Waals surface area (Å²) in [6.07, 6.45) is 0. The van der Waals surface area contributed by atoms with Crippen molar-refractivity contribution in [2.45, 2.75) is 6.92 Å². The Hall–Kier alpha value is 0.536. The van der Waals surface area contributed by atoms with Gasteiger partial charge in [0, 0.05) is 0 Å². The Kier molecular flexibility index (Phi) is 8.23. The van der Waals surface area contributed by atoms with Crippen LogP contribution < -0.4 is 67.8 Å². The number of carbonyl (C=O) groups is 2. The van der Waals surface area contributed by atoms with E-state index in [-0.39, 0.29) is 51.4 Å². The van der Waals surface area contributed by atoms with Gasteiger partial charge in [-0.2, -0.15) is 0 Å². The molecule has 5 nitrogen and oxygen atoms in total. The molecule has 0 bridgehead atoms. The molecule has 0 saturated heterocycles. The molecule has 0 rings (SSSR count). The van der Waals surface area contributed by atoms with Gasteiger partial charge in [-0.3, -0.25) is 10.2 Å². The molecule has 0 aromatic carbocycles. The number of nitrogens with one attached hydrogen (secondary N) is 1. The molecular weight excluding hydrogens is 163 g/mol. The summed E-state index contributed by atoms with van der Waals surface area (Å²) in [6.45, 7) is 1.19. The molecule has 6 heteroatoms. The molecule has 0 fully saturated rings. The number of rotatable bonds is 2. The number of carboxylic acid groups (broad SMARTS) is 1. The van der Waals surface area contributed by atoms with Gasteiger partial charge in [-0.15, -0.1) is 0 Å². The smallest absolute Gasteiger partial charge is 0.549 e. The van der Waals surface area contributed by atoms with Gasteiger partial charge in [0.15, 0.2) is 0 Å². The van der Waals surface area contributed by atoms with Crippen molar-refractivity contribution in [1.82, 2.24) is 5.43 Å². The quantitative estimate of drug-likeness (QED) is 0.142. The topological polar surface area (TPSA) is 95.2 Å². The first-order valence-electron chi connectivity index (χ1n) is 2.31. The number of aliphatic carboxylic acids is 1. The zero-order chi connectivity index (χ0) is 7.44. The summed E-state index contributed by atoms with van der Waals surface area (Å²) in [7, 11) is 0. The number of hydrazine groups is 1. The number of nitrogens with two attached hydrogens (primary N) is 1. The minimum atomic E-state index is -1.43. The van der Waals surface area contributed by atoms with E-state index in [4.69, 9.17) is 0 Å². The number of hydrogen-bond acceptors (Lipinski definition) is 4. The van der Waals surface area contributed by atoms with E-state index in [0.717, 1.165) is 0 Å². The first-order valence-corrected chi connectivity index (χ1v) is 2.31. The van der Waals surface area contributed by atoms with Gasteiger partial charge in [0.25, 0.3) is 0 Å². The van der Waals surface area contributed by atoms with Crippen LogP contribution in [-0.2, 0) is 9.59 Å². The van der Waals surface area contributed by atoms with Gasteiger partial charge < -0.3 is 9.90 Å². The summed E-state index contributed by atoms with van der Waals surface area (Å²) in [5.74, 6) is 1.25. The molecule has 0 aromatic rings. The van der Waals surface area contributed by atoms with E-state index in [1.165, 1.54) is 6.92 Å². The monoisotopic (exact) mass is 170 g/mol. The first kappa shape index (κ1) is 13.1. The normalized spacial score (nSPS) is 11.0. The average molecular weight is 170 g/mol. The van der Waals surface area contributed by atoms with Crippen molar-refractivity contribution in [2.24, 2.45) is 11.8 Å². The molecule has 0 aromatic heterocycles. The minimum absolute atomic E-state index is 0. The van der Waals surface area contributed by atoms with E-state index in [0.29, 0.717) is 0 Å². The van der Waals surface area contributed by atoms with Crippen LogP contribution in [0.25, 0.3) is 0 Å². The molecule has 10 heavy (non-hydrogen) atoms. The van der Waals surface area contributed by atoms with Crippen molar-refractivity contribution >= 4 is 11.9 Å². The third kappa shape index (κ3) is 4.37. The molecule has 0 spiro atoms. The molecule has 1 atom stereocenters. The van der Waals surface area contributed by atoms with Crippen LogP contribution in [-0.4, -0.2) is 11.9 Å². The second-order valence-electron chi connectivity index (χ2n) is 1.55. The molecule has 1 amide bonds. The van der Waals surface area contributed by atoms with Crippen molar-refractivity contribution < 1.29 is 66.1 Å². The maximum Gasteiger partial charge on any atom is 1.00 e. The fourth-order valence-corrected chi connectivity index (χ4v) is 0.232. The van der Waals surface area contributed by atoms with Crippen molar-refractivity contribution in [3.8, 4) is 0 Å². The Labute approximate surface area is 101 Å². The third-order valence-corrected chi connectivity index (χ3v) is 0.889. The van der Waals surface area contributed by atoms with E-state index in [1.807, 2.05) is 0 Å². The number of carboxylic acids is 1. The molecule has 0 saturated carbocycles. The number of carbonyl (C=O) groups excluding carboxylic acids is 2. The van der Waals surface area contributed by atoms with Gasteiger partial charge >= 0.3 is 51.4 Å². The second-order valence-corrected chi connectivity index (χ2v) is 1.55. The largest absolute Gasteiger partial charge is 1.00 e. The third-order valence-electron chi connectivity index (χ3n) is 0.889. The average Bonchev–Trinajstić information content (AvgIpc) is 1.84. The fourth-order valence-electron chi connectivity index (χ4n) is 0.232. The van der Waals surface area contributed by atoms with Gasteiger partial charge in [-0.05, 0) is 6.92 Å². The van der Waals surface area contributed by atoms with Crippen molar-refractivity contribution in [3.63, 3.8) is 0 Å². The Morgan fingerprint density at radius 2 is 2.00 bits per heavy atom. The summed E-state index contributed by atoms with van der Waals surface area (Å²) >= 11 is 0. The van der Waals surface area contributed by atoms with E-state index in [9.17, 15) is 14.7 Å². The summed E-state index contributed by atoms with van der Waals surface area (Å²) in [5.41, 5.74) is 1.69. The Morgan fingerprint density at radius 1 is 1.60 bits per heavy atom. The summed E-state index contributed by atoms with van der Waals surface area (Å²) < 4.78 is 0. The zero-order valence-electron chi connectivity index (χ0n) is 5.88. The Morgan fingerprint density at radius 3 is 2.10 bits per heavy atom. The standard InChI is InChI=1S/C4H8N2O3.K/c1-2(4(8)9)3(7)6-5;/h2H,5H2,1H3,(H,6,7)(H,8,9);/q;+1/p-1. The van der Waals surface area contributed by atoms with Crippen LogP contribution in [0.3, 0.4) is 0 Å². The summed E-state index contributed by atoms with van der Waals surface area (Å²) in [6, 6.07) is 0. The summed E-state index contributed by atoms with van der Waals surface area (Å²) in [4.78, 5) is 20.2. The van der Waals surface area contributed by atoms with E-state index < -0.39 is 17.8 Å². The van der Waals surface area contributed by atoms with Crippen LogP contribution in [0.5, 0.6) is 0 Å². The van der Waals surface area contributed by atoms with Crippen molar-refractivity contribution in [2.75, 3.05) is 0 Å². The van der Waals surface area contributed by atoms with Crippen LogP contribution >= 0.6 is 0 Å². The van der Waals surface area contributed by atoms with Crippen molar-refractivity contribution in [1.29, 1.82) is 0 Å². The number of amides is 1. The Bertz CT molecular complexity index is 138. The van der Waals surface area contributed by atoms with Crippen LogP contribution in [0.4, 0.5) is 0 Å². The van der Waals surface area contributed by atoms with Crippen LogP contribution in [0.2, 0.25) is 0 Å². The molecule has 0 aliphatic carbocycles. The maximum atomic E-state index is 10.3. The van der Waals surface area contributed by atoms with Crippen molar-refractivity contribution in [3.05, 3.63) is 0 Å². The van der Waals surface area contributed by atoms with Gasteiger partial charge in [0.1, 0.15) is 0 Å². The predicted molar refractivity (Wildman–Crippen MR) is 26.5 cm³/mol. The molecule has 52 valence electrons. The molecule has 3 N–H and O–H groups in total. The van der Waals surface area contributed by atoms with E-state index in [1.54, 1.807) is 5.43 Å². The molecular formula is C4H7KN2O3. The second kappa shape index (κ2) is 6.26. The first-order chi connectivity index (χ1) is 4.09. The number of hydrogen-bond donors (Lipinski definition) is 2. The van der Waals surface area contributed by atoms with Crippen LogP contribution in [0.15, 0.2) is 0 Å². The minimum Gasteiger partial charge on any atom is -0.549 e. The summed E-state index contributed by atoms with van der Waals surface area (Å²) in [5, 5.41) is 9.87. The molecule has 0 heterocycles. The molecule has 0 radical (unpaired) electrons. The molecule has 0 aliphatic rings. The van der Waals surface area contributed by atoms with Gasteiger partial charge in [0.05, 0.1) is 11.9 Å². The fraction of sp³-hybridized carbons (Fsp3) is 0.500. The van der Waals surface area contributed by atoms with E-state index >= 15 is 0 Å². The van der Waals surface area contributed by atoms with Gasteiger partial charge in [-0.25, -0.2) is 5.84 Å². The maximum absolute atomic E-state index is 10.3. The Balaban J connectivity index is 0. The molecule has 1 unspecified atom stereocenters. The van der Waals surface area contributed by atoms with Crippen LogP contribution in [0.1, 0.15) is 6.92 Å². The van der Waals surface area contributed by atoms with Gasteiger partial charge in [0.2, 0.25) is 5.91 Å². The SMILES string of the molecule is CC(C(=O)[O-])C(=O)NN.[K+]. The van der Waals surface area contributed by atoms with Crippen LogP contribution in [0, 0.1) is 5.92 Å². The molecule has 0 aliphatic heterocycles. The van der Waals surface area contributed by atoms with Gasteiger partial charge in [-0.1, -0.05) is 0 Å².